The van der Waals surface area contributed by atoms with Gasteiger partial charge in [-0.1, -0.05) is 79.9 Å². The Balaban J connectivity index is 1.28. The van der Waals surface area contributed by atoms with E-state index < -0.39 is 6.04 Å². The molecule has 1 aliphatic carbocycles. The van der Waals surface area contributed by atoms with Crippen LogP contribution in [0, 0.1) is 5.92 Å². The molecule has 2 aromatic heterocycles. The van der Waals surface area contributed by atoms with Crippen LogP contribution in [0.25, 0.3) is 11.1 Å². The highest BCUT2D eigenvalue weighted by atomic mass is 16.5. The fourth-order valence-corrected chi connectivity index (χ4v) is 6.85. The van der Waals surface area contributed by atoms with Crippen molar-refractivity contribution in [1.82, 2.24) is 35.3 Å². The van der Waals surface area contributed by atoms with Gasteiger partial charge in [-0.25, -0.2) is 4.68 Å². The third kappa shape index (κ3) is 12.3. The molecule has 292 valence electrons. The molecule has 54 heavy (non-hydrogen) atoms. The number of para-hydroxylation sites is 2. The van der Waals surface area contributed by atoms with E-state index in [1.54, 1.807) is 10.9 Å². The summed E-state index contributed by atoms with van der Waals surface area (Å²) in [7, 11) is 0. The molecule has 2 atom stereocenters. The lowest BCUT2D eigenvalue weighted by molar-refractivity contribution is -0.125. The van der Waals surface area contributed by atoms with E-state index in [1.165, 1.54) is 19.3 Å². The molecule has 2 heterocycles. The molecule has 1 fully saturated rings. The number of aromatic nitrogens is 6. The highest BCUT2D eigenvalue weighted by molar-refractivity contribution is 5.80. The number of carbonyl (C=O) groups excluding carboxylic acids is 1. The number of ether oxygens (including phenoxy) is 2. The van der Waals surface area contributed by atoms with Crippen LogP contribution in [0.4, 0.5) is 0 Å². The second-order valence-electron chi connectivity index (χ2n) is 14.7. The van der Waals surface area contributed by atoms with Gasteiger partial charge in [0.15, 0.2) is 5.96 Å². The van der Waals surface area contributed by atoms with E-state index >= 15 is 0 Å². The summed E-state index contributed by atoms with van der Waals surface area (Å²) in [6.45, 7) is 6.67. The van der Waals surface area contributed by atoms with Crippen LogP contribution in [0.2, 0.25) is 0 Å². The summed E-state index contributed by atoms with van der Waals surface area (Å²) in [6.07, 6.45) is 14.2. The Bertz CT molecular complexity index is 1740. The summed E-state index contributed by atoms with van der Waals surface area (Å²) in [5.41, 5.74) is 20.5. The lowest BCUT2D eigenvalue weighted by Gasteiger charge is -2.23. The lowest BCUT2D eigenvalue weighted by Crippen LogP contribution is -2.42. The third-order valence-electron chi connectivity index (χ3n) is 9.84. The minimum atomic E-state index is -0.589. The number of nitrogens with two attached hydrogens (primary N) is 3. The molecule has 14 heteroatoms. The first-order valence-corrected chi connectivity index (χ1v) is 19.6. The average molecular weight is 742 g/mol. The van der Waals surface area contributed by atoms with Gasteiger partial charge in [-0.15, -0.1) is 10.2 Å². The molecule has 0 bridgehead atoms. The smallest absolute Gasteiger partial charge is 0.245 e. The van der Waals surface area contributed by atoms with Gasteiger partial charge in [0.25, 0.3) is 0 Å². The number of unbranched alkanes of at least 4 members (excludes halogenated alkanes) is 1. The van der Waals surface area contributed by atoms with Crippen LogP contribution in [0.15, 0.2) is 65.9 Å². The van der Waals surface area contributed by atoms with E-state index in [-0.39, 0.29) is 24.5 Å². The van der Waals surface area contributed by atoms with Crippen molar-refractivity contribution in [2.24, 2.45) is 28.1 Å². The number of rotatable bonds is 22. The van der Waals surface area contributed by atoms with E-state index in [4.69, 9.17) is 26.7 Å². The minimum Gasteiger partial charge on any atom is -0.493 e. The van der Waals surface area contributed by atoms with Gasteiger partial charge in [0, 0.05) is 35.8 Å². The number of hydrogen-bond acceptors (Lipinski definition) is 9. The Labute approximate surface area is 319 Å². The number of guanidine groups is 1. The van der Waals surface area contributed by atoms with E-state index in [0.717, 1.165) is 54.7 Å². The van der Waals surface area contributed by atoms with Crippen LogP contribution in [0.3, 0.4) is 0 Å². The molecule has 0 radical (unpaired) electrons. The molecule has 0 aliphatic heterocycles. The molecule has 0 spiro atoms. The van der Waals surface area contributed by atoms with Crippen LogP contribution < -0.4 is 32.0 Å². The van der Waals surface area contributed by atoms with Gasteiger partial charge in [0.05, 0.1) is 25.0 Å². The van der Waals surface area contributed by atoms with Crippen molar-refractivity contribution in [1.29, 1.82) is 0 Å². The summed E-state index contributed by atoms with van der Waals surface area (Å²) >= 11 is 0. The number of nitrogens with one attached hydrogen (secondary N) is 1. The van der Waals surface area contributed by atoms with Crippen LogP contribution in [0.5, 0.6) is 11.5 Å². The average Bonchev–Trinajstić information content (AvgIpc) is 3.85. The predicted molar refractivity (Wildman–Crippen MR) is 211 cm³/mol. The first kappa shape index (κ1) is 40.2. The summed E-state index contributed by atoms with van der Waals surface area (Å²) in [4.78, 5) is 18.2. The summed E-state index contributed by atoms with van der Waals surface area (Å²) in [5.74, 6) is 2.41. The predicted octanol–water partition coefficient (Wildman–Crippen LogP) is 5.50. The Hall–Kier alpha value is -4.98. The van der Waals surface area contributed by atoms with Crippen molar-refractivity contribution in [2.75, 3.05) is 19.7 Å². The molecule has 7 N–H and O–H groups in total. The van der Waals surface area contributed by atoms with Crippen LogP contribution >= 0.6 is 0 Å². The van der Waals surface area contributed by atoms with Gasteiger partial charge in [-0.2, -0.15) is 0 Å². The highest BCUT2D eigenvalue weighted by Crippen LogP contribution is 2.37. The number of nitrogens with zero attached hydrogens (tertiary/aromatic N) is 7. The van der Waals surface area contributed by atoms with Crippen molar-refractivity contribution < 1.29 is 14.3 Å². The number of amides is 1. The van der Waals surface area contributed by atoms with Crippen molar-refractivity contribution in [3.8, 4) is 22.6 Å². The van der Waals surface area contributed by atoms with E-state index in [1.807, 2.05) is 59.4 Å². The van der Waals surface area contributed by atoms with E-state index in [9.17, 15) is 4.79 Å². The van der Waals surface area contributed by atoms with Crippen molar-refractivity contribution in [2.45, 2.75) is 116 Å². The summed E-state index contributed by atoms with van der Waals surface area (Å²) in [5, 5.41) is 21.1. The van der Waals surface area contributed by atoms with Gasteiger partial charge >= 0.3 is 0 Å². The monoisotopic (exact) mass is 741 g/mol. The summed E-state index contributed by atoms with van der Waals surface area (Å²) in [6, 6.07) is 15.1. The number of carbonyl (C=O) groups is 1. The van der Waals surface area contributed by atoms with Crippen LogP contribution in [-0.4, -0.2) is 67.6 Å². The highest BCUT2D eigenvalue weighted by Gasteiger charge is 2.26. The first-order chi connectivity index (χ1) is 26.3. The molecule has 1 aliphatic rings. The van der Waals surface area contributed by atoms with Gasteiger partial charge in [0.1, 0.15) is 29.8 Å². The molecule has 0 saturated heterocycles. The molecule has 0 unspecified atom stereocenters. The van der Waals surface area contributed by atoms with Gasteiger partial charge < -0.3 is 32.0 Å². The zero-order valence-corrected chi connectivity index (χ0v) is 32.0. The number of hydrogen-bond donors (Lipinski definition) is 4. The zero-order chi connectivity index (χ0) is 38.1. The van der Waals surface area contributed by atoms with Crippen LogP contribution in [0.1, 0.15) is 108 Å². The van der Waals surface area contributed by atoms with Gasteiger partial charge in [-0.05, 0) is 76.0 Å². The normalized spacial score (nSPS) is 14.4. The van der Waals surface area contributed by atoms with E-state index in [2.05, 4.69) is 44.8 Å². The Kier molecular flexibility index (Phi) is 15.7. The molecular weight excluding hydrogens is 683 g/mol. The number of benzene rings is 2. The second kappa shape index (κ2) is 21.0. The van der Waals surface area contributed by atoms with Gasteiger partial charge in [-0.3, -0.25) is 14.5 Å². The maximum absolute atomic E-state index is 14.1. The summed E-state index contributed by atoms with van der Waals surface area (Å²) < 4.78 is 16.0. The molecule has 1 saturated carbocycles. The molecule has 5 rings (SSSR count). The Morgan fingerprint density at radius 1 is 0.889 bits per heavy atom. The Morgan fingerprint density at radius 2 is 1.61 bits per heavy atom. The van der Waals surface area contributed by atoms with Gasteiger partial charge in [0.2, 0.25) is 5.91 Å². The lowest BCUT2D eigenvalue weighted by atomic mass is 9.87. The second-order valence-corrected chi connectivity index (χ2v) is 14.7. The number of aliphatic imine (C=N–C) groups is 1. The van der Waals surface area contributed by atoms with Crippen LogP contribution in [-0.2, 0) is 17.9 Å². The largest absolute Gasteiger partial charge is 0.493 e. The molecule has 14 nitrogen and oxygen atoms in total. The van der Waals surface area contributed by atoms with Crippen molar-refractivity contribution in [3.63, 3.8) is 0 Å². The van der Waals surface area contributed by atoms with Crippen molar-refractivity contribution >= 4 is 11.9 Å². The van der Waals surface area contributed by atoms with Crippen molar-refractivity contribution in [3.05, 3.63) is 72.3 Å². The van der Waals surface area contributed by atoms with E-state index in [0.29, 0.717) is 68.8 Å². The zero-order valence-electron chi connectivity index (χ0n) is 32.0. The first-order valence-electron chi connectivity index (χ1n) is 19.6. The minimum absolute atomic E-state index is 0.0503. The maximum Gasteiger partial charge on any atom is 0.245 e. The standard InChI is InChI=1S/C40H59N11O3/c1-29(2)21-24-53-37-19-8-6-16-33(37)34-17-7-9-20-38(34)54-28-32-26-51(49-46-32)36(18-10-11-22-41)39(52)45-31(15-12-23-44-40(42)43)25-50-27-35(47-48-50)30-13-4-3-5-14-30/h6-9,16-17,19-20,26-27,29-31,36H,3-5,10-15,18,21-25,28,41H2,1-2H3,(H,45,52)(H4,42,43,44)/t31-,36-/m1/s1. The third-order valence-corrected chi connectivity index (χ3v) is 9.84. The molecule has 4 aromatic rings. The fraction of sp³-hybridized carbons (Fsp3) is 0.550. The fourth-order valence-electron chi connectivity index (χ4n) is 6.85. The molecular formula is C40H59N11O3. The topological polar surface area (TPSA) is 199 Å². The SMILES string of the molecule is CC(C)CCOc1ccccc1-c1ccccc1OCc1cn([C@H](CCCCN)C(=O)N[C@H](CCCN=C(N)N)Cn2cc(C3CCCCC3)nn2)nn1. The molecule has 1 amide bonds. The maximum atomic E-state index is 14.1. The molecule has 2 aromatic carbocycles. The quantitative estimate of drug-likeness (QED) is 0.0453. The Morgan fingerprint density at radius 3 is 2.31 bits per heavy atom.